The van der Waals surface area contributed by atoms with Crippen molar-refractivity contribution in [1.29, 1.82) is 0 Å². The Morgan fingerprint density at radius 1 is 1.65 bits per heavy atom. The van der Waals surface area contributed by atoms with Gasteiger partial charge < -0.3 is 4.74 Å². The number of carbonyl (C=O) groups is 1. The van der Waals surface area contributed by atoms with Crippen molar-refractivity contribution in [3.63, 3.8) is 0 Å². The third kappa shape index (κ3) is 4.29. The standard InChI is InChI=1S/C8H13N3O4S2/c1-11(5-3-7(12)15-2)17(13,14)10-8-9-4-6-16-8/h4,6H,3,5H2,1-2H3,(H,9,10). The molecule has 1 aromatic heterocycles. The molecule has 0 spiro atoms. The monoisotopic (exact) mass is 279 g/mol. The number of anilines is 1. The largest absolute Gasteiger partial charge is 0.469 e. The zero-order chi connectivity index (χ0) is 12.9. The van der Waals surface area contributed by atoms with E-state index in [2.05, 4.69) is 14.4 Å². The molecule has 0 aliphatic rings. The molecule has 17 heavy (non-hydrogen) atoms. The highest BCUT2D eigenvalue weighted by molar-refractivity contribution is 7.90. The number of hydrogen-bond donors (Lipinski definition) is 1. The van der Waals surface area contributed by atoms with Gasteiger partial charge in [0.25, 0.3) is 0 Å². The molecule has 0 atom stereocenters. The Kier molecular flexibility index (Phi) is 4.85. The third-order valence-electron chi connectivity index (χ3n) is 1.92. The van der Waals surface area contributed by atoms with Crippen LogP contribution >= 0.6 is 11.3 Å². The molecule has 1 rings (SSSR count). The van der Waals surface area contributed by atoms with Crippen LogP contribution in [-0.4, -0.2) is 44.4 Å². The predicted octanol–water partition coefficient (Wildman–Crippen LogP) is 0.295. The Hall–Kier alpha value is -1.19. The van der Waals surface area contributed by atoms with E-state index in [9.17, 15) is 13.2 Å². The van der Waals surface area contributed by atoms with Gasteiger partial charge in [0.05, 0.1) is 13.5 Å². The number of esters is 1. The minimum absolute atomic E-state index is 0.00573. The van der Waals surface area contributed by atoms with Gasteiger partial charge in [-0.05, 0) is 0 Å². The second-order valence-corrected chi connectivity index (χ2v) is 5.76. The van der Waals surface area contributed by atoms with Crippen molar-refractivity contribution in [3.8, 4) is 0 Å². The third-order valence-corrected chi connectivity index (χ3v) is 4.19. The van der Waals surface area contributed by atoms with Crippen molar-refractivity contribution in [3.05, 3.63) is 11.6 Å². The Morgan fingerprint density at radius 3 is 2.88 bits per heavy atom. The molecule has 0 unspecified atom stereocenters. The molecule has 7 nitrogen and oxygen atoms in total. The van der Waals surface area contributed by atoms with E-state index in [4.69, 9.17) is 0 Å². The van der Waals surface area contributed by atoms with E-state index >= 15 is 0 Å². The van der Waals surface area contributed by atoms with Crippen LogP contribution in [-0.2, 0) is 19.7 Å². The summed E-state index contributed by atoms with van der Waals surface area (Å²) < 4.78 is 31.2. The first-order valence-electron chi connectivity index (χ1n) is 4.66. The summed E-state index contributed by atoms with van der Waals surface area (Å²) in [4.78, 5) is 14.7. The fourth-order valence-electron chi connectivity index (χ4n) is 0.933. The summed E-state index contributed by atoms with van der Waals surface area (Å²) in [5.41, 5.74) is 0. The maximum Gasteiger partial charge on any atom is 0.306 e. The molecule has 96 valence electrons. The maximum absolute atomic E-state index is 11.7. The van der Waals surface area contributed by atoms with Gasteiger partial charge in [0.15, 0.2) is 5.13 Å². The normalized spacial score (nSPS) is 11.5. The Balaban J connectivity index is 2.55. The Bertz CT molecular complexity index is 457. The van der Waals surface area contributed by atoms with Crippen molar-refractivity contribution in [1.82, 2.24) is 9.29 Å². The molecule has 0 amide bonds. The first-order chi connectivity index (χ1) is 7.95. The minimum atomic E-state index is -3.66. The Labute approximate surface area is 104 Å². The number of nitrogens with one attached hydrogen (secondary N) is 1. The highest BCUT2D eigenvalue weighted by Crippen LogP contribution is 2.13. The zero-order valence-corrected chi connectivity index (χ0v) is 11.0. The van der Waals surface area contributed by atoms with Gasteiger partial charge in [-0.3, -0.25) is 4.79 Å². The average molecular weight is 279 g/mol. The van der Waals surface area contributed by atoms with Gasteiger partial charge in [-0.2, -0.15) is 12.7 Å². The molecule has 0 saturated carbocycles. The van der Waals surface area contributed by atoms with Gasteiger partial charge in [0, 0.05) is 25.2 Å². The molecule has 0 radical (unpaired) electrons. The van der Waals surface area contributed by atoms with E-state index in [1.807, 2.05) is 0 Å². The highest BCUT2D eigenvalue weighted by Gasteiger charge is 2.19. The first kappa shape index (κ1) is 13.9. The number of carbonyl (C=O) groups excluding carboxylic acids is 1. The lowest BCUT2D eigenvalue weighted by atomic mass is 10.4. The quantitative estimate of drug-likeness (QED) is 0.756. The summed E-state index contributed by atoms with van der Waals surface area (Å²) in [7, 11) is -1.04. The van der Waals surface area contributed by atoms with Gasteiger partial charge >= 0.3 is 16.2 Å². The number of rotatable bonds is 6. The van der Waals surface area contributed by atoms with Crippen LogP contribution < -0.4 is 4.72 Å². The van der Waals surface area contributed by atoms with E-state index in [0.29, 0.717) is 0 Å². The molecular weight excluding hydrogens is 266 g/mol. The lowest BCUT2D eigenvalue weighted by Crippen LogP contribution is -2.34. The summed E-state index contributed by atoms with van der Waals surface area (Å²) in [6.07, 6.45) is 1.50. The molecule has 0 bridgehead atoms. The topological polar surface area (TPSA) is 88.6 Å². The lowest BCUT2D eigenvalue weighted by molar-refractivity contribution is -0.140. The first-order valence-corrected chi connectivity index (χ1v) is 6.98. The summed E-state index contributed by atoms with van der Waals surface area (Å²) >= 11 is 1.18. The molecule has 0 aliphatic heterocycles. The van der Waals surface area contributed by atoms with Crippen LogP contribution in [0.25, 0.3) is 0 Å². The van der Waals surface area contributed by atoms with Crippen LogP contribution in [0.15, 0.2) is 11.6 Å². The van der Waals surface area contributed by atoms with Gasteiger partial charge in [0.1, 0.15) is 0 Å². The fraction of sp³-hybridized carbons (Fsp3) is 0.500. The summed E-state index contributed by atoms with van der Waals surface area (Å²) in [6, 6.07) is 0. The molecule has 1 aromatic rings. The number of nitrogens with zero attached hydrogens (tertiary/aromatic N) is 2. The number of aromatic nitrogens is 1. The highest BCUT2D eigenvalue weighted by atomic mass is 32.2. The molecule has 9 heteroatoms. The van der Waals surface area contributed by atoms with Crippen molar-refractivity contribution >= 4 is 32.6 Å². The number of thiazole rings is 1. The van der Waals surface area contributed by atoms with Crippen LogP contribution in [0.1, 0.15) is 6.42 Å². The Morgan fingerprint density at radius 2 is 2.35 bits per heavy atom. The summed E-state index contributed by atoms with van der Waals surface area (Å²) in [6.45, 7) is 0.0490. The van der Waals surface area contributed by atoms with Crippen molar-refractivity contribution < 1.29 is 17.9 Å². The fourth-order valence-corrected chi connectivity index (χ4v) is 2.57. The SMILES string of the molecule is COC(=O)CCN(C)S(=O)(=O)Nc1nccs1. The summed E-state index contributed by atoms with van der Waals surface area (Å²) in [5.74, 6) is -0.457. The van der Waals surface area contributed by atoms with Crippen LogP contribution in [0.4, 0.5) is 5.13 Å². The lowest BCUT2D eigenvalue weighted by Gasteiger charge is -2.16. The van der Waals surface area contributed by atoms with Gasteiger partial charge in [-0.1, -0.05) is 0 Å². The molecular formula is C8H13N3O4S2. The maximum atomic E-state index is 11.7. The van der Waals surface area contributed by atoms with Crippen molar-refractivity contribution in [2.24, 2.45) is 0 Å². The van der Waals surface area contributed by atoms with Gasteiger partial charge in [-0.25, -0.2) is 9.71 Å². The van der Waals surface area contributed by atoms with E-state index in [1.165, 1.54) is 31.7 Å². The second kappa shape index (κ2) is 5.94. The predicted molar refractivity (Wildman–Crippen MR) is 63.9 cm³/mol. The number of ether oxygens (including phenoxy) is 1. The van der Waals surface area contributed by atoms with Crippen LogP contribution in [0, 0.1) is 0 Å². The van der Waals surface area contributed by atoms with Gasteiger partial charge in [0.2, 0.25) is 0 Å². The van der Waals surface area contributed by atoms with E-state index < -0.39 is 16.2 Å². The van der Waals surface area contributed by atoms with Crippen LogP contribution in [0.5, 0.6) is 0 Å². The summed E-state index contributed by atoms with van der Waals surface area (Å²) in [5, 5.41) is 1.95. The molecule has 0 aliphatic carbocycles. The van der Waals surface area contributed by atoms with Crippen LogP contribution in [0.2, 0.25) is 0 Å². The minimum Gasteiger partial charge on any atom is -0.469 e. The van der Waals surface area contributed by atoms with E-state index in [1.54, 1.807) is 5.38 Å². The smallest absolute Gasteiger partial charge is 0.306 e. The molecule has 0 saturated heterocycles. The number of methoxy groups -OCH3 is 1. The molecule has 1 heterocycles. The van der Waals surface area contributed by atoms with Gasteiger partial charge in [-0.15, -0.1) is 11.3 Å². The second-order valence-electron chi connectivity index (χ2n) is 3.09. The van der Waals surface area contributed by atoms with Crippen LogP contribution in [0.3, 0.4) is 0 Å². The average Bonchev–Trinajstić information content (AvgIpc) is 2.77. The molecule has 0 aromatic carbocycles. The van der Waals surface area contributed by atoms with Crippen molar-refractivity contribution in [2.45, 2.75) is 6.42 Å². The van der Waals surface area contributed by atoms with Crippen molar-refractivity contribution in [2.75, 3.05) is 25.4 Å². The number of hydrogen-bond acceptors (Lipinski definition) is 6. The van der Waals surface area contributed by atoms with E-state index in [-0.39, 0.29) is 18.1 Å². The van der Waals surface area contributed by atoms with E-state index in [0.717, 1.165) is 4.31 Å². The zero-order valence-electron chi connectivity index (χ0n) is 9.41. The molecule has 0 fully saturated rings. The molecule has 1 N–H and O–H groups in total.